The minimum atomic E-state index is -0.568. The van der Waals surface area contributed by atoms with Gasteiger partial charge in [-0.2, -0.15) is 0 Å². The Bertz CT molecular complexity index is 1350. The van der Waals surface area contributed by atoms with E-state index in [4.69, 9.17) is 18.9 Å². The SMILES string of the molecule is O=C(C[C@H]1C[C@H]2c3cc(NC(=O)c4ccc5c(c4)OCO5)ccc3O[C@H]2[C@H](CO)O1)NCc1ccccn1. The van der Waals surface area contributed by atoms with Gasteiger partial charge in [-0.15, -0.1) is 0 Å². The van der Waals surface area contributed by atoms with Crippen molar-refractivity contribution in [3.8, 4) is 17.2 Å². The van der Waals surface area contributed by atoms with Gasteiger partial charge in [0, 0.05) is 28.9 Å². The van der Waals surface area contributed by atoms with Crippen LogP contribution in [0.15, 0.2) is 60.8 Å². The number of rotatable bonds is 7. The van der Waals surface area contributed by atoms with Crippen molar-refractivity contribution in [1.82, 2.24) is 10.3 Å². The zero-order chi connectivity index (χ0) is 26.1. The van der Waals surface area contributed by atoms with Crippen molar-refractivity contribution in [3.05, 3.63) is 77.6 Å². The summed E-state index contributed by atoms with van der Waals surface area (Å²) in [6.45, 7) is 0.244. The lowest BCUT2D eigenvalue weighted by atomic mass is 9.84. The molecule has 2 aromatic carbocycles. The summed E-state index contributed by atoms with van der Waals surface area (Å²) in [5.74, 6) is 1.31. The van der Waals surface area contributed by atoms with Crippen molar-refractivity contribution < 1.29 is 33.6 Å². The van der Waals surface area contributed by atoms with Gasteiger partial charge >= 0.3 is 0 Å². The van der Waals surface area contributed by atoms with Crippen molar-refractivity contribution >= 4 is 17.5 Å². The molecule has 3 aliphatic rings. The van der Waals surface area contributed by atoms with Gasteiger partial charge < -0.3 is 34.7 Å². The molecule has 3 aromatic rings. The highest BCUT2D eigenvalue weighted by atomic mass is 16.7. The molecule has 196 valence electrons. The highest BCUT2D eigenvalue weighted by Gasteiger charge is 2.46. The summed E-state index contributed by atoms with van der Waals surface area (Å²) in [7, 11) is 0. The number of nitrogens with one attached hydrogen (secondary N) is 2. The normalized spacial score (nSPS) is 22.7. The van der Waals surface area contributed by atoms with E-state index in [2.05, 4.69) is 15.6 Å². The van der Waals surface area contributed by atoms with Gasteiger partial charge in [0.25, 0.3) is 5.91 Å². The van der Waals surface area contributed by atoms with E-state index in [1.54, 1.807) is 30.5 Å². The summed E-state index contributed by atoms with van der Waals surface area (Å²) in [5, 5.41) is 15.8. The molecule has 2 amide bonds. The molecule has 3 N–H and O–H groups in total. The molecule has 10 nitrogen and oxygen atoms in total. The van der Waals surface area contributed by atoms with Crippen LogP contribution in [0.2, 0.25) is 0 Å². The first-order valence-corrected chi connectivity index (χ1v) is 12.5. The average Bonchev–Trinajstić information content (AvgIpc) is 3.56. The van der Waals surface area contributed by atoms with Crippen molar-refractivity contribution in [2.75, 3.05) is 18.7 Å². The third kappa shape index (κ3) is 4.88. The van der Waals surface area contributed by atoms with Crippen LogP contribution in [0.4, 0.5) is 5.69 Å². The molecule has 0 radical (unpaired) electrons. The lowest BCUT2D eigenvalue weighted by Gasteiger charge is -2.37. The highest BCUT2D eigenvalue weighted by Crippen LogP contribution is 2.47. The highest BCUT2D eigenvalue weighted by molar-refractivity contribution is 6.04. The van der Waals surface area contributed by atoms with Crippen LogP contribution in [0.5, 0.6) is 17.2 Å². The Kier molecular flexibility index (Phi) is 6.57. The van der Waals surface area contributed by atoms with Gasteiger partial charge in [-0.1, -0.05) is 6.07 Å². The van der Waals surface area contributed by atoms with Gasteiger partial charge in [-0.3, -0.25) is 14.6 Å². The van der Waals surface area contributed by atoms with Gasteiger partial charge in [0.05, 0.1) is 31.4 Å². The maximum atomic E-state index is 12.9. The zero-order valence-corrected chi connectivity index (χ0v) is 20.5. The summed E-state index contributed by atoms with van der Waals surface area (Å²) in [4.78, 5) is 29.7. The van der Waals surface area contributed by atoms with Gasteiger partial charge in [0.15, 0.2) is 11.5 Å². The number of hydrogen-bond donors (Lipinski definition) is 3. The number of amides is 2. The van der Waals surface area contributed by atoms with Crippen LogP contribution >= 0.6 is 0 Å². The fraction of sp³-hybridized carbons (Fsp3) is 0.321. The Hall–Kier alpha value is -4.15. The van der Waals surface area contributed by atoms with E-state index in [0.717, 1.165) is 11.3 Å². The van der Waals surface area contributed by atoms with E-state index >= 15 is 0 Å². The van der Waals surface area contributed by atoms with Gasteiger partial charge in [-0.05, 0) is 55.0 Å². The van der Waals surface area contributed by atoms with E-state index in [1.165, 1.54) is 0 Å². The Morgan fingerprint density at radius 3 is 2.74 bits per heavy atom. The fourth-order valence-electron chi connectivity index (χ4n) is 5.18. The second-order valence-electron chi connectivity index (χ2n) is 9.48. The molecule has 38 heavy (non-hydrogen) atoms. The van der Waals surface area contributed by atoms with Crippen LogP contribution < -0.4 is 24.8 Å². The summed E-state index contributed by atoms with van der Waals surface area (Å²) < 4.78 is 22.9. The Labute approximate surface area is 218 Å². The Balaban J connectivity index is 1.13. The standard InChI is InChI=1S/C28H27N3O7/c32-14-25-27-21(11-19(37-25)12-26(33)30-13-18-3-1-2-8-29-18)20-10-17(5-7-22(20)38-27)31-28(34)16-4-6-23-24(9-16)36-15-35-23/h1-10,19,21,25,27,32H,11-15H2,(H,30,33)(H,31,34)/t19-,21+,25+,27-/m1/s1. The van der Waals surface area contributed by atoms with Crippen molar-refractivity contribution in [2.45, 2.75) is 43.6 Å². The number of anilines is 1. The average molecular weight is 518 g/mol. The molecule has 3 aliphatic heterocycles. The smallest absolute Gasteiger partial charge is 0.255 e. The predicted octanol–water partition coefficient (Wildman–Crippen LogP) is 2.76. The third-order valence-electron chi connectivity index (χ3n) is 7.00. The lowest BCUT2D eigenvalue weighted by molar-refractivity contribution is -0.142. The minimum Gasteiger partial charge on any atom is -0.487 e. The number of benzene rings is 2. The molecule has 0 aliphatic carbocycles. The summed E-state index contributed by atoms with van der Waals surface area (Å²) in [5.41, 5.74) is 2.76. The molecule has 1 aromatic heterocycles. The number of carbonyl (C=O) groups excluding carboxylic acids is 2. The second-order valence-corrected chi connectivity index (χ2v) is 9.48. The van der Waals surface area contributed by atoms with Crippen molar-refractivity contribution in [1.29, 1.82) is 0 Å². The number of fused-ring (bicyclic) bond motifs is 4. The summed E-state index contributed by atoms with van der Waals surface area (Å²) >= 11 is 0. The van der Waals surface area contributed by atoms with E-state index in [0.29, 0.717) is 41.5 Å². The fourth-order valence-corrected chi connectivity index (χ4v) is 5.18. The molecular formula is C28H27N3O7. The maximum Gasteiger partial charge on any atom is 0.255 e. The predicted molar refractivity (Wildman–Crippen MR) is 135 cm³/mol. The summed E-state index contributed by atoms with van der Waals surface area (Å²) in [6, 6.07) is 16.1. The van der Waals surface area contributed by atoms with Crippen molar-refractivity contribution in [2.24, 2.45) is 0 Å². The van der Waals surface area contributed by atoms with Gasteiger partial charge in [0.2, 0.25) is 12.7 Å². The van der Waals surface area contributed by atoms with Crippen LogP contribution in [-0.2, 0) is 16.1 Å². The second kappa shape index (κ2) is 10.3. The molecular weight excluding hydrogens is 490 g/mol. The van der Waals surface area contributed by atoms with Gasteiger partial charge in [0.1, 0.15) is 18.0 Å². The number of ether oxygens (including phenoxy) is 4. The largest absolute Gasteiger partial charge is 0.487 e. The minimum absolute atomic E-state index is 0.0908. The molecule has 0 saturated carbocycles. The number of pyridine rings is 1. The number of carbonyl (C=O) groups is 2. The number of nitrogens with zero attached hydrogens (tertiary/aromatic N) is 1. The van der Waals surface area contributed by atoms with Crippen LogP contribution in [0.1, 0.15) is 40.4 Å². The first-order valence-electron chi connectivity index (χ1n) is 12.5. The molecule has 6 rings (SSSR count). The lowest BCUT2D eigenvalue weighted by Crippen LogP contribution is -2.47. The number of hydrogen-bond acceptors (Lipinski definition) is 8. The van der Waals surface area contributed by atoms with Crippen molar-refractivity contribution in [3.63, 3.8) is 0 Å². The van der Waals surface area contributed by atoms with Crippen LogP contribution in [0, 0.1) is 0 Å². The van der Waals surface area contributed by atoms with E-state index in [9.17, 15) is 14.7 Å². The zero-order valence-electron chi connectivity index (χ0n) is 20.5. The van der Waals surface area contributed by atoms with E-state index < -0.39 is 12.2 Å². The van der Waals surface area contributed by atoms with Crippen LogP contribution in [0.25, 0.3) is 0 Å². The number of aliphatic hydroxyl groups is 1. The van der Waals surface area contributed by atoms with Crippen LogP contribution in [-0.4, -0.2) is 53.6 Å². The van der Waals surface area contributed by atoms with E-state index in [1.807, 2.05) is 30.3 Å². The molecule has 0 spiro atoms. The monoisotopic (exact) mass is 517 g/mol. The Morgan fingerprint density at radius 1 is 1.03 bits per heavy atom. The molecule has 0 unspecified atom stereocenters. The number of aromatic nitrogens is 1. The first-order chi connectivity index (χ1) is 18.6. The van der Waals surface area contributed by atoms with Crippen LogP contribution in [0.3, 0.4) is 0 Å². The molecule has 4 heterocycles. The quantitative estimate of drug-likeness (QED) is 0.437. The third-order valence-corrected chi connectivity index (χ3v) is 7.00. The molecule has 0 bridgehead atoms. The first kappa shape index (κ1) is 24.2. The summed E-state index contributed by atoms with van der Waals surface area (Å²) in [6.07, 6.45) is 1.05. The molecule has 1 saturated heterocycles. The number of aliphatic hydroxyl groups excluding tert-OH is 1. The molecule has 10 heteroatoms. The Morgan fingerprint density at radius 2 is 1.89 bits per heavy atom. The molecule has 4 atom stereocenters. The van der Waals surface area contributed by atoms with Gasteiger partial charge in [-0.25, -0.2) is 0 Å². The molecule has 1 fully saturated rings. The topological polar surface area (TPSA) is 128 Å². The maximum absolute atomic E-state index is 12.9. The van der Waals surface area contributed by atoms with E-state index in [-0.39, 0.29) is 43.7 Å².